The first-order valence-electron chi connectivity index (χ1n) is 21.4. The molecule has 0 amide bonds. The van der Waals surface area contributed by atoms with Gasteiger partial charge in [0, 0.05) is 6.61 Å². The van der Waals surface area contributed by atoms with Gasteiger partial charge in [0.15, 0.2) is 12.6 Å². The van der Waals surface area contributed by atoms with Crippen LogP contribution in [0.2, 0.25) is 0 Å². The minimum Gasteiger partial charge on any atom is -0.394 e. The number of ether oxygens (including phenoxy) is 5. The van der Waals surface area contributed by atoms with Gasteiger partial charge in [0.2, 0.25) is 0 Å². The van der Waals surface area contributed by atoms with Crippen LogP contribution in [0, 0.1) is 0 Å². The van der Waals surface area contributed by atoms with Crippen molar-refractivity contribution in [3.05, 3.63) is 0 Å². The van der Waals surface area contributed by atoms with Gasteiger partial charge in [-0.05, 0) is 12.8 Å². The van der Waals surface area contributed by atoms with Crippen LogP contribution in [-0.4, -0.2) is 192 Å². The van der Waals surface area contributed by atoms with E-state index in [1.165, 1.54) is 64.2 Å². The van der Waals surface area contributed by atoms with Crippen molar-refractivity contribution < 1.29 is 98.4 Å². The maximum Gasteiger partial charge on any atom is 0.472 e. The van der Waals surface area contributed by atoms with Gasteiger partial charge in [-0.3, -0.25) is 9.05 Å². The first kappa shape index (κ1) is 52.8. The van der Waals surface area contributed by atoms with E-state index in [0.717, 1.165) is 25.7 Å². The van der Waals surface area contributed by atoms with E-state index < -0.39 is 132 Å². The predicted octanol–water partition coefficient (Wildman–Crippen LogP) is -0.768. The average Bonchev–Trinajstić information content (AvgIpc) is 3.22. The molecule has 1 saturated carbocycles. The summed E-state index contributed by atoms with van der Waals surface area (Å²) in [5.41, 5.74) is 0. The fourth-order valence-electron chi connectivity index (χ4n) is 7.46. The van der Waals surface area contributed by atoms with Crippen LogP contribution in [0.15, 0.2) is 0 Å². The summed E-state index contributed by atoms with van der Waals surface area (Å²) in [6.45, 7) is 2.15. The second kappa shape index (κ2) is 26.9. The third-order valence-corrected chi connectivity index (χ3v) is 12.3. The Balaban J connectivity index is 1.63. The highest BCUT2D eigenvalue weighted by molar-refractivity contribution is 7.47. The second-order valence-electron chi connectivity index (χ2n) is 15.9. The number of hydrogen-bond acceptors (Lipinski definition) is 19. The lowest BCUT2D eigenvalue weighted by Gasteiger charge is -2.49. The number of rotatable bonds is 28. The smallest absolute Gasteiger partial charge is 0.394 e. The fraction of sp³-hybridized carbons (Fsp3) is 1.00. The zero-order chi connectivity index (χ0) is 43.7. The molecule has 0 aromatic heterocycles. The molecule has 2 saturated heterocycles. The van der Waals surface area contributed by atoms with Crippen molar-refractivity contribution in [2.45, 2.75) is 214 Å². The van der Waals surface area contributed by atoms with Gasteiger partial charge < -0.3 is 84.7 Å². The highest BCUT2D eigenvalue weighted by Gasteiger charge is 2.58. The molecule has 59 heavy (non-hydrogen) atoms. The van der Waals surface area contributed by atoms with Gasteiger partial charge in [0.1, 0.15) is 85.5 Å². The molecule has 20 nitrogen and oxygen atoms in total. The van der Waals surface area contributed by atoms with Crippen molar-refractivity contribution >= 4 is 7.82 Å². The number of aliphatic hydroxyl groups excluding tert-OH is 11. The molecular weight excluding hydrogens is 807 g/mol. The lowest BCUT2D eigenvalue weighted by molar-refractivity contribution is -0.360. The highest BCUT2D eigenvalue weighted by Crippen LogP contribution is 2.48. The third-order valence-electron chi connectivity index (χ3n) is 11.3. The second-order valence-corrected chi connectivity index (χ2v) is 17.3. The molecule has 3 fully saturated rings. The summed E-state index contributed by atoms with van der Waals surface area (Å²) < 4.78 is 52.2. The van der Waals surface area contributed by atoms with Crippen LogP contribution in [0.4, 0.5) is 0 Å². The van der Waals surface area contributed by atoms with Crippen molar-refractivity contribution in [1.82, 2.24) is 0 Å². The molecule has 2 heterocycles. The van der Waals surface area contributed by atoms with Gasteiger partial charge in [-0.2, -0.15) is 0 Å². The monoisotopic (exact) mass is 880 g/mol. The van der Waals surface area contributed by atoms with Gasteiger partial charge >= 0.3 is 7.82 Å². The fourth-order valence-corrected chi connectivity index (χ4v) is 8.43. The average molecular weight is 881 g/mol. The van der Waals surface area contributed by atoms with Crippen LogP contribution < -0.4 is 0 Å². The Morgan fingerprint density at radius 2 is 0.915 bits per heavy atom. The zero-order valence-corrected chi connectivity index (χ0v) is 35.2. The van der Waals surface area contributed by atoms with Crippen molar-refractivity contribution in [3.8, 4) is 0 Å². The van der Waals surface area contributed by atoms with Crippen LogP contribution in [0.5, 0.6) is 0 Å². The van der Waals surface area contributed by atoms with E-state index in [4.69, 9.17) is 32.7 Å². The molecule has 0 aromatic carbocycles. The zero-order valence-electron chi connectivity index (χ0n) is 34.3. The van der Waals surface area contributed by atoms with Crippen molar-refractivity contribution in [3.63, 3.8) is 0 Å². The number of hydrogen-bond donors (Lipinski definition) is 12. The Hall–Kier alpha value is -0.530. The van der Waals surface area contributed by atoms with Gasteiger partial charge in [-0.15, -0.1) is 0 Å². The summed E-state index contributed by atoms with van der Waals surface area (Å²) in [7, 11) is -5.28. The Labute approximate surface area is 346 Å². The summed E-state index contributed by atoms with van der Waals surface area (Å²) >= 11 is 0. The molecular formula is C38H73O20P. The van der Waals surface area contributed by atoms with E-state index in [-0.39, 0.29) is 0 Å². The standard InChI is InChI=1S/C38H73O20P/c1-3-5-6-7-8-9-10-11-12-13-14-15-16-17-18-52-22(4-2)21-53-59(50,51)58-36-34(56-37-32(48)27(43)25(41)23(19-39)54-37)30(46)29(45)31(47)35(36)57-38-33(49)28(44)26(42)24(20-40)55-38/h22-49H,3-21H2,1-2H3,(H,50,51)/t22-,23?,24?,25-,26-,27+,28?,29-,30?,31+,32?,33-,34?,35?,36-,37-,38-/m1/s1. The van der Waals surface area contributed by atoms with Crippen LogP contribution in [0.3, 0.4) is 0 Å². The molecule has 21 heteroatoms. The van der Waals surface area contributed by atoms with Crippen molar-refractivity contribution in [1.29, 1.82) is 0 Å². The molecule has 2 aliphatic heterocycles. The van der Waals surface area contributed by atoms with Crippen LogP contribution in [0.25, 0.3) is 0 Å². The SMILES string of the molecule is CCCCCCCCCCCCCCCCO[C@H](CC)COP(=O)(O)O[C@@H]1C(O[C@H]2OC(CO)[C@@H](O)[C@H](O)C2O)C(O)[C@@H](O)[C@H](O)C1O[C@H]1OC(CO)[C@@H](O)C(O)[C@H]1O. The first-order chi connectivity index (χ1) is 28.1. The van der Waals surface area contributed by atoms with Crippen LogP contribution in [-0.2, 0) is 37.3 Å². The molecule has 3 rings (SSSR count). The van der Waals surface area contributed by atoms with Gasteiger partial charge in [-0.1, -0.05) is 97.3 Å². The van der Waals surface area contributed by atoms with Crippen molar-refractivity contribution in [2.24, 2.45) is 0 Å². The minimum absolute atomic E-state index is 0.361. The lowest BCUT2D eigenvalue weighted by Crippen LogP contribution is -2.69. The van der Waals surface area contributed by atoms with E-state index in [9.17, 15) is 65.6 Å². The topological polar surface area (TPSA) is 324 Å². The molecule has 0 radical (unpaired) electrons. The maximum absolute atomic E-state index is 13.5. The molecule has 3 aliphatic rings. The van der Waals surface area contributed by atoms with E-state index in [1.807, 2.05) is 0 Å². The first-order valence-corrected chi connectivity index (χ1v) is 22.8. The van der Waals surface area contributed by atoms with Gasteiger partial charge in [-0.25, -0.2) is 4.57 Å². The summed E-state index contributed by atoms with van der Waals surface area (Å²) in [5.74, 6) is 0. The minimum atomic E-state index is -5.28. The van der Waals surface area contributed by atoms with E-state index in [1.54, 1.807) is 6.92 Å². The quantitative estimate of drug-likeness (QED) is 0.0339. The number of phosphoric ester groups is 1. The highest BCUT2D eigenvalue weighted by atomic mass is 31.2. The third kappa shape index (κ3) is 15.9. The maximum atomic E-state index is 13.5. The molecule has 350 valence electrons. The van der Waals surface area contributed by atoms with Crippen LogP contribution in [0.1, 0.15) is 110 Å². The summed E-state index contributed by atoms with van der Waals surface area (Å²) in [6, 6.07) is 0. The Kier molecular flexibility index (Phi) is 24.1. The molecule has 0 aromatic rings. The molecule has 12 N–H and O–H groups in total. The summed E-state index contributed by atoms with van der Waals surface area (Å²) in [6.07, 6.45) is -15.3. The molecule has 0 bridgehead atoms. The summed E-state index contributed by atoms with van der Waals surface area (Å²) in [5, 5.41) is 115. The largest absolute Gasteiger partial charge is 0.472 e. The van der Waals surface area contributed by atoms with E-state index >= 15 is 0 Å². The normalized spacial score (nSPS) is 38.3. The Bertz CT molecular complexity index is 1120. The summed E-state index contributed by atoms with van der Waals surface area (Å²) in [4.78, 5) is 11.0. The van der Waals surface area contributed by atoms with E-state index in [2.05, 4.69) is 6.92 Å². The number of unbranched alkanes of at least 4 members (excludes halogenated alkanes) is 13. The lowest BCUT2D eigenvalue weighted by atomic mass is 9.84. The van der Waals surface area contributed by atoms with Crippen molar-refractivity contribution in [2.75, 3.05) is 26.4 Å². The number of aliphatic hydroxyl groups is 11. The molecule has 0 spiro atoms. The Morgan fingerprint density at radius 3 is 1.31 bits per heavy atom. The molecule has 8 unspecified atom stereocenters. The van der Waals surface area contributed by atoms with E-state index in [0.29, 0.717) is 13.0 Å². The number of phosphoric acid groups is 1. The molecule has 18 atom stereocenters. The predicted molar refractivity (Wildman–Crippen MR) is 206 cm³/mol. The van der Waals surface area contributed by atoms with Gasteiger partial charge in [0.25, 0.3) is 0 Å². The van der Waals surface area contributed by atoms with Gasteiger partial charge in [0.05, 0.1) is 25.9 Å². The molecule has 1 aliphatic carbocycles. The van der Waals surface area contributed by atoms with Crippen LogP contribution >= 0.6 is 7.82 Å². The Morgan fingerprint density at radius 1 is 0.525 bits per heavy atom.